The number of benzene rings is 1. The molecule has 0 aliphatic heterocycles. The Balaban J connectivity index is 2.43. The molecule has 4 nitrogen and oxygen atoms in total. The second kappa shape index (κ2) is 6.07. The van der Waals surface area contributed by atoms with Crippen LogP contribution in [0.1, 0.15) is 11.3 Å². The van der Waals surface area contributed by atoms with E-state index in [-0.39, 0.29) is 0 Å². The Morgan fingerprint density at radius 1 is 0.950 bits per heavy atom. The molecule has 4 heteroatoms. The summed E-state index contributed by atoms with van der Waals surface area (Å²) in [7, 11) is 6.71. The molecule has 0 spiro atoms. The molecule has 0 amide bonds. The van der Waals surface area contributed by atoms with Crippen molar-refractivity contribution in [3.8, 4) is 29.1 Å². The van der Waals surface area contributed by atoms with Crippen LogP contribution in [0.15, 0.2) is 30.5 Å². The molecule has 0 fully saturated rings. The number of methoxy groups -OCH3 is 3. The van der Waals surface area contributed by atoms with E-state index in [1.165, 1.54) is 0 Å². The molecule has 2 rings (SSSR count). The lowest BCUT2D eigenvalue weighted by molar-refractivity contribution is 0.324. The summed E-state index contributed by atoms with van der Waals surface area (Å²) >= 11 is 0. The second-order valence-electron chi connectivity index (χ2n) is 4.17. The molecule has 1 aromatic carbocycles. The van der Waals surface area contributed by atoms with Crippen molar-refractivity contribution in [2.75, 3.05) is 21.3 Å². The van der Waals surface area contributed by atoms with Gasteiger partial charge in [-0.3, -0.25) is 0 Å². The van der Waals surface area contributed by atoms with Crippen molar-refractivity contribution in [3.05, 3.63) is 41.7 Å². The van der Waals surface area contributed by atoms with Crippen LogP contribution in [-0.2, 0) is 7.05 Å². The fourth-order valence-electron chi connectivity index (χ4n) is 1.88. The highest BCUT2D eigenvalue weighted by atomic mass is 16.5. The van der Waals surface area contributed by atoms with Crippen molar-refractivity contribution in [1.29, 1.82) is 0 Å². The monoisotopic (exact) mass is 271 g/mol. The van der Waals surface area contributed by atoms with Crippen molar-refractivity contribution < 1.29 is 14.2 Å². The Bertz CT molecular complexity index is 637. The molecule has 0 N–H and O–H groups in total. The molecule has 2 aromatic rings. The van der Waals surface area contributed by atoms with Crippen LogP contribution in [0.3, 0.4) is 0 Å². The summed E-state index contributed by atoms with van der Waals surface area (Å²) in [6, 6.07) is 7.58. The van der Waals surface area contributed by atoms with Gasteiger partial charge in [-0.15, -0.1) is 0 Å². The van der Waals surface area contributed by atoms with Crippen LogP contribution in [-0.4, -0.2) is 25.9 Å². The summed E-state index contributed by atoms with van der Waals surface area (Å²) in [4.78, 5) is 0. The van der Waals surface area contributed by atoms with Crippen molar-refractivity contribution in [2.45, 2.75) is 0 Å². The molecular formula is C16H17NO3. The highest BCUT2D eigenvalue weighted by Gasteiger charge is 2.12. The van der Waals surface area contributed by atoms with Gasteiger partial charge in [0.2, 0.25) is 5.75 Å². The first kappa shape index (κ1) is 13.9. The van der Waals surface area contributed by atoms with Crippen LogP contribution in [0.25, 0.3) is 0 Å². The van der Waals surface area contributed by atoms with Crippen LogP contribution in [0, 0.1) is 11.8 Å². The van der Waals surface area contributed by atoms with Crippen molar-refractivity contribution in [2.24, 2.45) is 7.05 Å². The molecule has 0 aliphatic carbocycles. The number of ether oxygens (including phenoxy) is 3. The second-order valence-corrected chi connectivity index (χ2v) is 4.17. The van der Waals surface area contributed by atoms with E-state index in [0.717, 1.165) is 11.3 Å². The van der Waals surface area contributed by atoms with Crippen molar-refractivity contribution in [3.63, 3.8) is 0 Å². The van der Waals surface area contributed by atoms with E-state index in [1.54, 1.807) is 21.3 Å². The van der Waals surface area contributed by atoms with Crippen molar-refractivity contribution >= 4 is 0 Å². The van der Waals surface area contributed by atoms with Gasteiger partial charge in [-0.1, -0.05) is 5.92 Å². The molecule has 0 bridgehead atoms. The zero-order valence-corrected chi connectivity index (χ0v) is 12.1. The van der Waals surface area contributed by atoms with Crippen molar-refractivity contribution in [1.82, 2.24) is 4.57 Å². The Morgan fingerprint density at radius 2 is 1.60 bits per heavy atom. The molecule has 0 atom stereocenters. The van der Waals surface area contributed by atoms with Gasteiger partial charge in [0, 0.05) is 18.8 Å². The highest BCUT2D eigenvalue weighted by molar-refractivity contribution is 5.57. The average Bonchev–Trinajstić information content (AvgIpc) is 2.89. The molecule has 20 heavy (non-hydrogen) atoms. The summed E-state index contributed by atoms with van der Waals surface area (Å²) in [6.07, 6.45) is 1.96. The maximum Gasteiger partial charge on any atom is 0.203 e. The number of hydrogen-bond acceptors (Lipinski definition) is 3. The third-order valence-corrected chi connectivity index (χ3v) is 2.94. The molecule has 0 radical (unpaired) electrons. The highest BCUT2D eigenvalue weighted by Crippen LogP contribution is 2.37. The number of hydrogen-bond donors (Lipinski definition) is 0. The first-order valence-corrected chi connectivity index (χ1v) is 6.13. The molecule has 0 saturated carbocycles. The summed E-state index contributed by atoms with van der Waals surface area (Å²) in [5.74, 6) is 7.98. The topological polar surface area (TPSA) is 32.6 Å². The van der Waals surface area contributed by atoms with Crippen LogP contribution < -0.4 is 14.2 Å². The Morgan fingerprint density at radius 3 is 2.05 bits per heavy atom. The predicted octanol–water partition coefficient (Wildman–Crippen LogP) is 2.45. The minimum absolute atomic E-state index is 0.569. The molecule has 0 unspecified atom stereocenters. The molecule has 0 aliphatic rings. The third kappa shape index (κ3) is 2.72. The number of rotatable bonds is 3. The maximum absolute atomic E-state index is 5.30. The maximum atomic E-state index is 5.30. The quantitative estimate of drug-likeness (QED) is 0.804. The van der Waals surface area contributed by atoms with Gasteiger partial charge in [0.25, 0.3) is 0 Å². The van der Waals surface area contributed by atoms with Gasteiger partial charge in [-0.25, -0.2) is 0 Å². The van der Waals surface area contributed by atoms with E-state index in [4.69, 9.17) is 14.2 Å². The lowest BCUT2D eigenvalue weighted by Crippen LogP contribution is -1.96. The lowest BCUT2D eigenvalue weighted by Gasteiger charge is -2.12. The summed E-state index contributed by atoms with van der Waals surface area (Å²) in [5, 5.41) is 0. The zero-order chi connectivity index (χ0) is 14.5. The molecule has 0 saturated heterocycles. The Labute approximate surface area is 118 Å². The number of aromatic nitrogens is 1. The van der Waals surface area contributed by atoms with E-state index < -0.39 is 0 Å². The summed E-state index contributed by atoms with van der Waals surface area (Å²) in [5.41, 5.74) is 1.75. The fraction of sp³-hybridized carbons (Fsp3) is 0.250. The van der Waals surface area contributed by atoms with Gasteiger partial charge in [0.15, 0.2) is 11.5 Å². The summed E-state index contributed by atoms with van der Waals surface area (Å²) < 4.78 is 17.8. The largest absolute Gasteiger partial charge is 0.493 e. The van der Waals surface area contributed by atoms with Gasteiger partial charge in [-0.2, -0.15) is 0 Å². The van der Waals surface area contributed by atoms with Gasteiger partial charge in [0.05, 0.1) is 27.0 Å². The third-order valence-electron chi connectivity index (χ3n) is 2.94. The summed E-state index contributed by atoms with van der Waals surface area (Å²) in [6.45, 7) is 0. The average molecular weight is 271 g/mol. The molecular weight excluding hydrogens is 254 g/mol. The van der Waals surface area contributed by atoms with Crippen LogP contribution >= 0.6 is 0 Å². The Hall–Kier alpha value is -2.54. The van der Waals surface area contributed by atoms with Crippen LogP contribution in [0.2, 0.25) is 0 Å². The predicted molar refractivity (Wildman–Crippen MR) is 77.5 cm³/mol. The number of nitrogens with zero attached hydrogens (tertiary/aromatic N) is 1. The van der Waals surface area contributed by atoms with E-state index in [1.807, 2.05) is 42.1 Å². The molecule has 1 heterocycles. The first-order valence-electron chi connectivity index (χ1n) is 6.13. The van der Waals surface area contributed by atoms with E-state index >= 15 is 0 Å². The van der Waals surface area contributed by atoms with Crippen LogP contribution in [0.5, 0.6) is 17.2 Å². The van der Waals surface area contributed by atoms with Gasteiger partial charge in [-0.05, 0) is 30.2 Å². The number of aryl methyl sites for hydroxylation is 1. The van der Waals surface area contributed by atoms with E-state index in [9.17, 15) is 0 Å². The van der Waals surface area contributed by atoms with Gasteiger partial charge in [0.1, 0.15) is 0 Å². The smallest absolute Gasteiger partial charge is 0.203 e. The van der Waals surface area contributed by atoms with E-state index in [2.05, 4.69) is 11.8 Å². The van der Waals surface area contributed by atoms with E-state index in [0.29, 0.717) is 17.2 Å². The van der Waals surface area contributed by atoms with Gasteiger partial charge < -0.3 is 18.8 Å². The minimum atomic E-state index is 0.569. The standard InChI is InChI=1S/C16H17NO3/c1-17-9-5-6-13(17)8-7-12-10-14(18-2)16(20-4)15(11-12)19-3/h5-6,9-11H,1-4H3. The minimum Gasteiger partial charge on any atom is -0.493 e. The Kier molecular flexibility index (Phi) is 4.21. The molecule has 1 aromatic heterocycles. The normalized spacial score (nSPS) is 9.60. The van der Waals surface area contributed by atoms with Gasteiger partial charge >= 0.3 is 0 Å². The SMILES string of the molecule is COc1cc(C#Cc2cccn2C)cc(OC)c1OC. The molecule has 104 valence electrons. The fourth-order valence-corrected chi connectivity index (χ4v) is 1.88. The first-order chi connectivity index (χ1) is 9.69. The lowest BCUT2D eigenvalue weighted by atomic mass is 10.2. The zero-order valence-electron chi connectivity index (χ0n) is 12.1. The van der Waals surface area contributed by atoms with Crippen LogP contribution in [0.4, 0.5) is 0 Å².